The first-order chi connectivity index (χ1) is 14.1. The monoisotopic (exact) mass is 391 g/mol. The zero-order valence-electron chi connectivity index (χ0n) is 18.2. The summed E-state index contributed by atoms with van der Waals surface area (Å²) in [6, 6.07) is 19.2. The van der Waals surface area contributed by atoms with Crippen molar-refractivity contribution in [3.63, 3.8) is 0 Å². The number of amides is 1. The summed E-state index contributed by atoms with van der Waals surface area (Å²) in [4.78, 5) is 15.1. The third-order valence-electron chi connectivity index (χ3n) is 5.80. The van der Waals surface area contributed by atoms with Crippen LogP contribution in [0.5, 0.6) is 0 Å². The van der Waals surface area contributed by atoms with Crippen LogP contribution in [0.15, 0.2) is 54.6 Å². The molecule has 0 heterocycles. The highest BCUT2D eigenvalue weighted by Gasteiger charge is 2.26. The van der Waals surface area contributed by atoms with E-state index in [1.54, 1.807) is 0 Å². The molecule has 0 aliphatic rings. The molecule has 3 nitrogen and oxygen atoms in total. The molecule has 0 radical (unpaired) electrons. The number of nitrogens with zero attached hydrogens (tertiary/aromatic N) is 1. The van der Waals surface area contributed by atoms with Gasteiger partial charge in [-0.15, -0.1) is 0 Å². The minimum atomic E-state index is -0.205. The van der Waals surface area contributed by atoms with Crippen LogP contribution in [0.25, 0.3) is 21.5 Å². The number of rotatable bonds is 8. The molecule has 0 N–H and O–H groups in total. The van der Waals surface area contributed by atoms with E-state index in [-0.39, 0.29) is 24.8 Å². The van der Waals surface area contributed by atoms with Gasteiger partial charge in [0.2, 0.25) is 0 Å². The summed E-state index contributed by atoms with van der Waals surface area (Å²) in [5.74, 6) is 0. The number of fused-ring (bicyclic) bond motifs is 2. The molecule has 0 aliphatic carbocycles. The molecule has 2 unspecified atom stereocenters. The largest absolute Gasteiger partial charge is 0.444 e. The number of carbonyl (C=O) groups is 1. The number of ether oxygens (including phenoxy) is 1. The van der Waals surface area contributed by atoms with Gasteiger partial charge in [-0.25, -0.2) is 4.79 Å². The summed E-state index contributed by atoms with van der Waals surface area (Å²) >= 11 is 0. The fourth-order valence-electron chi connectivity index (χ4n) is 4.38. The summed E-state index contributed by atoms with van der Waals surface area (Å²) in [5, 5.41) is 4.64. The maximum absolute atomic E-state index is 13.1. The van der Waals surface area contributed by atoms with Gasteiger partial charge in [-0.05, 0) is 54.3 Å². The Morgan fingerprint density at radius 2 is 1.34 bits per heavy atom. The highest BCUT2D eigenvalue weighted by molar-refractivity contribution is 6.02. The van der Waals surface area contributed by atoms with Crippen molar-refractivity contribution in [1.29, 1.82) is 0 Å². The molecular weight excluding hydrogens is 358 g/mol. The number of benzene rings is 3. The van der Waals surface area contributed by atoms with Crippen LogP contribution in [-0.4, -0.2) is 23.1 Å². The Labute approximate surface area is 174 Å². The predicted octanol–water partition coefficient (Wildman–Crippen LogP) is 7.31. The van der Waals surface area contributed by atoms with Gasteiger partial charge in [-0.3, -0.25) is 0 Å². The summed E-state index contributed by atoms with van der Waals surface area (Å²) in [6.45, 7) is 8.86. The Morgan fingerprint density at radius 3 is 1.83 bits per heavy atom. The third-order valence-corrected chi connectivity index (χ3v) is 5.80. The first-order valence-corrected chi connectivity index (χ1v) is 10.9. The normalized spacial score (nSPS) is 13.4. The molecule has 0 spiro atoms. The van der Waals surface area contributed by atoms with E-state index < -0.39 is 0 Å². The number of hydrogen-bond acceptors (Lipinski definition) is 2. The number of carbonyl (C=O) groups excluding carboxylic acids is 1. The van der Waals surface area contributed by atoms with E-state index in [2.05, 4.69) is 58.0 Å². The number of hydrogen-bond donors (Lipinski definition) is 0. The molecule has 2 atom stereocenters. The van der Waals surface area contributed by atoms with E-state index in [1.807, 2.05) is 29.2 Å². The fourth-order valence-corrected chi connectivity index (χ4v) is 4.38. The lowest BCUT2D eigenvalue weighted by molar-refractivity contribution is 0.0639. The van der Waals surface area contributed by atoms with Gasteiger partial charge in [0.25, 0.3) is 0 Å². The average Bonchev–Trinajstić information content (AvgIpc) is 2.71. The lowest BCUT2D eigenvalue weighted by Crippen LogP contribution is -2.45. The zero-order chi connectivity index (χ0) is 20.8. The zero-order valence-corrected chi connectivity index (χ0v) is 18.2. The highest BCUT2D eigenvalue weighted by Crippen LogP contribution is 2.29. The van der Waals surface area contributed by atoms with Crippen molar-refractivity contribution >= 4 is 27.6 Å². The maximum Gasteiger partial charge on any atom is 0.410 e. The second-order valence-corrected chi connectivity index (χ2v) is 8.03. The fraction of sp³-hybridized carbons (Fsp3) is 0.423. The van der Waals surface area contributed by atoms with Gasteiger partial charge in [0.05, 0.1) is 0 Å². The van der Waals surface area contributed by atoms with E-state index in [1.165, 1.54) is 10.8 Å². The molecule has 3 heteroatoms. The van der Waals surface area contributed by atoms with Crippen molar-refractivity contribution in [3.8, 4) is 0 Å². The van der Waals surface area contributed by atoms with E-state index in [9.17, 15) is 4.79 Å². The third kappa shape index (κ3) is 4.72. The molecule has 3 aromatic rings. The van der Waals surface area contributed by atoms with Crippen LogP contribution < -0.4 is 0 Å². The van der Waals surface area contributed by atoms with Crippen LogP contribution >= 0.6 is 0 Å². The quantitative estimate of drug-likeness (QED) is 0.377. The van der Waals surface area contributed by atoms with E-state index in [0.717, 1.165) is 42.0 Å². The van der Waals surface area contributed by atoms with Gasteiger partial charge in [0.15, 0.2) is 0 Å². The Hall–Kier alpha value is -2.55. The SMILES string of the molecule is CCCC(C)N(C(=O)OCc1c2ccccc2cc2ccccc12)C(C)CCC. The lowest BCUT2D eigenvalue weighted by atomic mass is 9.97. The highest BCUT2D eigenvalue weighted by atomic mass is 16.6. The van der Waals surface area contributed by atoms with Crippen LogP contribution in [0, 0.1) is 0 Å². The van der Waals surface area contributed by atoms with Gasteiger partial charge in [-0.1, -0.05) is 75.2 Å². The van der Waals surface area contributed by atoms with Crippen LogP contribution in [0.1, 0.15) is 58.9 Å². The van der Waals surface area contributed by atoms with E-state index >= 15 is 0 Å². The van der Waals surface area contributed by atoms with Crippen molar-refractivity contribution in [2.24, 2.45) is 0 Å². The second-order valence-electron chi connectivity index (χ2n) is 8.03. The van der Waals surface area contributed by atoms with Gasteiger partial charge in [0.1, 0.15) is 6.61 Å². The van der Waals surface area contributed by atoms with Crippen LogP contribution in [0.2, 0.25) is 0 Å². The first-order valence-electron chi connectivity index (χ1n) is 10.9. The second kappa shape index (κ2) is 9.78. The smallest absolute Gasteiger partial charge is 0.410 e. The molecule has 1 amide bonds. The molecular formula is C26H33NO2. The van der Waals surface area contributed by atoms with Crippen molar-refractivity contribution < 1.29 is 9.53 Å². The van der Waals surface area contributed by atoms with Crippen molar-refractivity contribution in [2.45, 2.75) is 72.1 Å². The van der Waals surface area contributed by atoms with Crippen LogP contribution in [0.3, 0.4) is 0 Å². The Morgan fingerprint density at radius 1 is 0.862 bits per heavy atom. The van der Waals surface area contributed by atoms with Gasteiger partial charge in [0, 0.05) is 17.6 Å². The van der Waals surface area contributed by atoms with Crippen molar-refractivity contribution in [1.82, 2.24) is 4.90 Å². The molecule has 29 heavy (non-hydrogen) atoms. The lowest BCUT2D eigenvalue weighted by Gasteiger charge is -2.34. The predicted molar refractivity (Wildman–Crippen MR) is 122 cm³/mol. The van der Waals surface area contributed by atoms with Crippen molar-refractivity contribution in [3.05, 3.63) is 60.2 Å². The van der Waals surface area contributed by atoms with Gasteiger partial charge >= 0.3 is 6.09 Å². The Kier molecular flexibility index (Phi) is 7.13. The van der Waals surface area contributed by atoms with Gasteiger partial charge in [-0.2, -0.15) is 0 Å². The van der Waals surface area contributed by atoms with Crippen LogP contribution in [0.4, 0.5) is 4.79 Å². The minimum Gasteiger partial charge on any atom is -0.444 e. The summed E-state index contributed by atoms with van der Waals surface area (Å²) in [7, 11) is 0. The maximum atomic E-state index is 13.1. The molecule has 0 aliphatic heterocycles. The molecule has 0 saturated carbocycles. The molecule has 0 fully saturated rings. The minimum absolute atomic E-state index is 0.179. The molecule has 0 aromatic heterocycles. The topological polar surface area (TPSA) is 29.5 Å². The Bertz CT molecular complexity index is 899. The van der Waals surface area contributed by atoms with E-state index in [4.69, 9.17) is 4.74 Å². The summed E-state index contributed by atoms with van der Waals surface area (Å²) in [5.41, 5.74) is 1.08. The molecule has 3 aromatic carbocycles. The van der Waals surface area contributed by atoms with Crippen LogP contribution in [-0.2, 0) is 11.3 Å². The first kappa shape index (κ1) is 21.2. The summed E-state index contributed by atoms with van der Waals surface area (Å²) < 4.78 is 5.93. The summed E-state index contributed by atoms with van der Waals surface area (Å²) in [6.07, 6.45) is 3.87. The molecule has 0 bridgehead atoms. The van der Waals surface area contributed by atoms with Crippen molar-refractivity contribution in [2.75, 3.05) is 0 Å². The van der Waals surface area contributed by atoms with E-state index in [0.29, 0.717) is 0 Å². The standard InChI is InChI=1S/C26H33NO2/c1-5-11-19(3)27(20(4)12-6-2)26(28)29-18-25-23-15-9-7-13-21(23)17-22-14-8-10-16-24(22)25/h7-10,13-17,19-20H,5-6,11-12,18H2,1-4H3. The molecule has 154 valence electrons. The Balaban J connectivity index is 1.90. The van der Waals surface area contributed by atoms with Gasteiger partial charge < -0.3 is 9.64 Å². The molecule has 3 rings (SSSR count). The molecule has 0 saturated heterocycles. The average molecular weight is 392 g/mol.